The zero-order chi connectivity index (χ0) is 31.4. The van der Waals surface area contributed by atoms with E-state index in [1.165, 1.54) is 30.1 Å². The highest BCUT2D eigenvalue weighted by Crippen LogP contribution is 2.32. The molecular weight excluding hydrogens is 575 g/mol. The number of nitrogens with zero attached hydrogens (tertiary/aromatic N) is 2. The number of carbonyl (C=O) groups is 4. The summed E-state index contributed by atoms with van der Waals surface area (Å²) in [4.78, 5) is 58.4. The Morgan fingerprint density at radius 2 is 1.73 bits per heavy atom. The predicted octanol–water partition coefficient (Wildman–Crippen LogP) is 3.78. The summed E-state index contributed by atoms with van der Waals surface area (Å²) >= 11 is 0. The normalized spacial score (nSPS) is 18.6. The lowest BCUT2D eigenvalue weighted by molar-refractivity contribution is -0.148. The molecule has 2 aliphatic rings. The number of halogens is 3. The molecule has 2 fully saturated rings. The molecule has 2 aromatic carbocycles. The SMILES string of the molecule is CN(Cc1ccccc1C(F)(F)F)C(=O)C(Cc1c[nH]c2ccccc12)NC(=O)CN1CC(=O)NC(C2CCCCC2)C1=O. The summed E-state index contributed by atoms with van der Waals surface area (Å²) in [6, 6.07) is 10.6. The van der Waals surface area contributed by atoms with Crippen LogP contribution in [0.4, 0.5) is 13.2 Å². The van der Waals surface area contributed by atoms with Crippen molar-refractivity contribution in [3.63, 3.8) is 0 Å². The molecule has 3 aromatic rings. The topological polar surface area (TPSA) is 115 Å². The zero-order valence-corrected chi connectivity index (χ0v) is 24.5. The Kier molecular flexibility index (Phi) is 9.26. The van der Waals surface area contributed by atoms with Gasteiger partial charge in [-0.3, -0.25) is 19.2 Å². The molecular formula is C32H36F3N5O4. The number of alkyl halides is 3. The summed E-state index contributed by atoms with van der Waals surface area (Å²) in [7, 11) is 1.39. The van der Waals surface area contributed by atoms with Gasteiger partial charge in [0.15, 0.2) is 0 Å². The lowest BCUT2D eigenvalue weighted by Crippen LogP contribution is -2.62. The molecule has 1 saturated heterocycles. The van der Waals surface area contributed by atoms with Crippen LogP contribution in [0.25, 0.3) is 10.9 Å². The van der Waals surface area contributed by atoms with Crippen LogP contribution in [-0.2, 0) is 38.3 Å². The summed E-state index contributed by atoms with van der Waals surface area (Å²) in [6.45, 7) is -1.03. The van der Waals surface area contributed by atoms with Crippen molar-refractivity contribution in [1.29, 1.82) is 0 Å². The van der Waals surface area contributed by atoms with Crippen LogP contribution >= 0.6 is 0 Å². The second-order valence-electron chi connectivity index (χ2n) is 11.7. The van der Waals surface area contributed by atoms with E-state index >= 15 is 0 Å². The van der Waals surface area contributed by atoms with Crippen LogP contribution < -0.4 is 10.6 Å². The minimum atomic E-state index is -4.60. The number of aromatic amines is 1. The van der Waals surface area contributed by atoms with Gasteiger partial charge in [-0.15, -0.1) is 0 Å². The standard InChI is InChI=1S/C32H36F3N5O4/c1-39(17-21-11-5-7-13-24(21)32(33,34)35)30(43)26(15-22-16-36-25-14-8-6-12-23(22)25)37-27(41)18-40-19-28(42)38-29(31(40)44)20-9-3-2-4-10-20/h5-8,11-14,16,20,26,29,36H,2-4,9-10,15,17-19H2,1H3,(H,37,41)(H,38,42). The Hall–Kier alpha value is -4.35. The maximum atomic E-state index is 13.7. The van der Waals surface area contributed by atoms with Gasteiger partial charge in [0.2, 0.25) is 23.6 Å². The van der Waals surface area contributed by atoms with Crippen LogP contribution in [0.2, 0.25) is 0 Å². The number of hydrogen-bond acceptors (Lipinski definition) is 4. The van der Waals surface area contributed by atoms with Gasteiger partial charge in [-0.25, -0.2) is 0 Å². The summed E-state index contributed by atoms with van der Waals surface area (Å²) in [5, 5.41) is 6.34. The molecule has 1 saturated carbocycles. The highest BCUT2D eigenvalue weighted by atomic mass is 19.4. The molecule has 2 heterocycles. The van der Waals surface area contributed by atoms with Crippen molar-refractivity contribution in [3.8, 4) is 0 Å². The molecule has 3 N–H and O–H groups in total. The van der Waals surface area contributed by atoms with E-state index in [-0.39, 0.29) is 42.8 Å². The number of fused-ring (bicyclic) bond motifs is 1. The van der Waals surface area contributed by atoms with E-state index in [0.29, 0.717) is 0 Å². The number of rotatable bonds is 9. The first kappa shape index (κ1) is 31.1. The van der Waals surface area contributed by atoms with E-state index in [1.54, 1.807) is 6.20 Å². The van der Waals surface area contributed by atoms with E-state index < -0.39 is 42.2 Å². The third-order valence-corrected chi connectivity index (χ3v) is 8.52. The van der Waals surface area contributed by atoms with Crippen molar-refractivity contribution < 1.29 is 32.3 Å². The Morgan fingerprint density at radius 3 is 2.48 bits per heavy atom. The quantitative estimate of drug-likeness (QED) is 0.342. The maximum Gasteiger partial charge on any atom is 0.416 e. The summed E-state index contributed by atoms with van der Waals surface area (Å²) in [5.41, 5.74) is 0.637. The average Bonchev–Trinajstić information content (AvgIpc) is 3.41. The Balaban J connectivity index is 1.34. The van der Waals surface area contributed by atoms with Gasteiger partial charge < -0.3 is 25.4 Å². The van der Waals surface area contributed by atoms with E-state index in [2.05, 4.69) is 15.6 Å². The first-order chi connectivity index (χ1) is 21.0. The van der Waals surface area contributed by atoms with Gasteiger partial charge in [0.05, 0.1) is 5.56 Å². The number of H-pyrrole nitrogens is 1. The molecule has 9 nitrogen and oxygen atoms in total. The first-order valence-corrected chi connectivity index (χ1v) is 14.8. The van der Waals surface area contributed by atoms with Gasteiger partial charge in [0, 0.05) is 37.1 Å². The predicted molar refractivity (Wildman–Crippen MR) is 157 cm³/mol. The number of para-hydroxylation sites is 1. The molecule has 0 bridgehead atoms. The minimum Gasteiger partial charge on any atom is -0.361 e. The number of nitrogens with one attached hydrogen (secondary N) is 3. The number of carbonyl (C=O) groups excluding carboxylic acids is 4. The number of benzene rings is 2. The average molecular weight is 612 g/mol. The van der Waals surface area contributed by atoms with Gasteiger partial charge in [-0.2, -0.15) is 13.2 Å². The number of likely N-dealkylation sites (N-methyl/N-ethyl adjacent to an activating group) is 1. The summed E-state index contributed by atoms with van der Waals surface area (Å²) in [6.07, 6.45) is 1.86. The van der Waals surface area contributed by atoms with E-state index in [1.807, 2.05) is 24.3 Å². The third-order valence-electron chi connectivity index (χ3n) is 8.52. The Bertz CT molecular complexity index is 1530. The van der Waals surface area contributed by atoms with Crippen LogP contribution in [0, 0.1) is 5.92 Å². The van der Waals surface area contributed by atoms with Crippen LogP contribution in [0.3, 0.4) is 0 Å². The Labute approximate surface area is 253 Å². The van der Waals surface area contributed by atoms with E-state index in [9.17, 15) is 32.3 Å². The van der Waals surface area contributed by atoms with Gasteiger partial charge in [0.25, 0.3) is 0 Å². The molecule has 234 valence electrons. The summed E-state index contributed by atoms with van der Waals surface area (Å²) < 4.78 is 40.9. The molecule has 4 amide bonds. The van der Waals surface area contributed by atoms with Crippen LogP contribution in [0.5, 0.6) is 0 Å². The second-order valence-corrected chi connectivity index (χ2v) is 11.7. The largest absolute Gasteiger partial charge is 0.416 e. The first-order valence-electron chi connectivity index (χ1n) is 14.8. The molecule has 0 spiro atoms. The molecule has 1 aromatic heterocycles. The molecule has 44 heavy (non-hydrogen) atoms. The highest BCUT2D eigenvalue weighted by molar-refractivity contribution is 5.98. The molecule has 0 radical (unpaired) electrons. The molecule has 1 aliphatic carbocycles. The molecule has 5 rings (SSSR count). The van der Waals surface area contributed by atoms with Crippen molar-refractivity contribution >= 4 is 34.5 Å². The molecule has 2 atom stereocenters. The fraction of sp³-hybridized carbons (Fsp3) is 0.438. The van der Waals surface area contributed by atoms with Gasteiger partial charge >= 0.3 is 6.18 Å². The number of piperazine rings is 1. The van der Waals surface area contributed by atoms with Crippen molar-refractivity contribution in [2.24, 2.45) is 5.92 Å². The smallest absolute Gasteiger partial charge is 0.361 e. The molecule has 12 heteroatoms. The zero-order valence-electron chi connectivity index (χ0n) is 24.5. The van der Waals surface area contributed by atoms with E-state index in [4.69, 9.17) is 0 Å². The fourth-order valence-corrected chi connectivity index (χ4v) is 6.32. The third kappa shape index (κ3) is 7.06. The molecule has 1 aliphatic heterocycles. The maximum absolute atomic E-state index is 13.7. The van der Waals surface area contributed by atoms with Crippen LogP contribution in [-0.4, -0.2) is 70.6 Å². The molecule has 2 unspecified atom stereocenters. The number of hydrogen-bond donors (Lipinski definition) is 3. The van der Waals surface area contributed by atoms with Gasteiger partial charge in [0.1, 0.15) is 25.2 Å². The van der Waals surface area contributed by atoms with Crippen LogP contribution in [0.15, 0.2) is 54.7 Å². The van der Waals surface area contributed by atoms with Crippen molar-refractivity contribution in [2.75, 3.05) is 20.1 Å². The minimum absolute atomic E-state index is 0.00971. The number of amides is 4. The van der Waals surface area contributed by atoms with Crippen LogP contribution in [0.1, 0.15) is 48.8 Å². The number of aromatic nitrogens is 1. The highest BCUT2D eigenvalue weighted by Gasteiger charge is 2.39. The van der Waals surface area contributed by atoms with Crippen molar-refractivity contribution in [1.82, 2.24) is 25.4 Å². The summed E-state index contributed by atoms with van der Waals surface area (Å²) in [5.74, 6) is -1.90. The lowest BCUT2D eigenvalue weighted by Gasteiger charge is -2.37. The van der Waals surface area contributed by atoms with E-state index in [0.717, 1.165) is 59.5 Å². The fourth-order valence-electron chi connectivity index (χ4n) is 6.32. The van der Waals surface area contributed by atoms with Crippen molar-refractivity contribution in [3.05, 3.63) is 71.4 Å². The van der Waals surface area contributed by atoms with Gasteiger partial charge in [-0.1, -0.05) is 55.7 Å². The lowest BCUT2D eigenvalue weighted by atomic mass is 9.82. The monoisotopic (exact) mass is 611 g/mol. The Morgan fingerprint density at radius 1 is 1.02 bits per heavy atom. The van der Waals surface area contributed by atoms with Crippen molar-refractivity contribution in [2.45, 2.75) is 63.3 Å². The second kappa shape index (κ2) is 13.1. The van der Waals surface area contributed by atoms with Gasteiger partial charge in [-0.05, 0) is 42.0 Å².